The Morgan fingerprint density at radius 3 is 1.48 bits per heavy atom. The Morgan fingerprint density at radius 2 is 1.00 bits per heavy atom. The predicted octanol–water partition coefficient (Wildman–Crippen LogP) is 2.92. The molecule has 2 heterocycles. The molecule has 5 rings (SSSR count). The van der Waals surface area contributed by atoms with Gasteiger partial charge < -0.3 is 0 Å². The molecule has 0 saturated heterocycles. The number of nitrogens with zero attached hydrogens (tertiary/aromatic N) is 3. The third kappa shape index (κ3) is 3.37. The topological polar surface area (TPSA) is 38.7 Å². The third-order valence-electron chi connectivity index (χ3n) is 5.61. The summed E-state index contributed by atoms with van der Waals surface area (Å²) in [6.07, 6.45) is 7.24. The maximum absolute atomic E-state index is 5.03. The minimum Gasteiger partial charge on any atom is -0.264 e. The average Bonchev–Trinajstić information content (AvgIpc) is 2.87. The van der Waals surface area contributed by atoms with Crippen LogP contribution in [0.4, 0.5) is 0 Å². The number of hydrogen-bond acceptors (Lipinski definition) is 3. The molecule has 0 saturated carbocycles. The second kappa shape index (κ2) is 8.46. The van der Waals surface area contributed by atoms with Crippen molar-refractivity contribution in [1.82, 2.24) is 15.0 Å². The van der Waals surface area contributed by atoms with Crippen molar-refractivity contribution in [2.24, 2.45) is 0 Å². The summed E-state index contributed by atoms with van der Waals surface area (Å²) in [7, 11) is -2.73. The smallest absolute Gasteiger partial charge is 0.204 e. The lowest BCUT2D eigenvalue weighted by molar-refractivity contribution is 1.22. The molecule has 0 aliphatic heterocycles. The van der Waals surface area contributed by atoms with Crippen LogP contribution in [0.1, 0.15) is 0 Å². The van der Waals surface area contributed by atoms with E-state index in [1.807, 2.05) is 18.5 Å². The van der Waals surface area contributed by atoms with Gasteiger partial charge in [0.1, 0.15) is 0 Å². The van der Waals surface area contributed by atoms with Crippen LogP contribution in [0, 0.1) is 0 Å². The third-order valence-corrected chi connectivity index (χ3v) is 10.3. The summed E-state index contributed by atoms with van der Waals surface area (Å²) in [5.74, 6) is 0. The molecule has 31 heavy (non-hydrogen) atoms. The van der Waals surface area contributed by atoms with Gasteiger partial charge in [-0.25, -0.2) is 0 Å². The molecule has 148 valence electrons. The second-order valence-electron chi connectivity index (χ2n) is 7.34. The van der Waals surface area contributed by atoms with Gasteiger partial charge in [0.2, 0.25) is 8.07 Å². The zero-order chi connectivity index (χ0) is 20.9. The van der Waals surface area contributed by atoms with Crippen LogP contribution in [0.15, 0.2) is 128 Å². The highest BCUT2D eigenvalue weighted by Crippen LogP contribution is 2.17. The Kier molecular flexibility index (Phi) is 5.21. The zero-order valence-corrected chi connectivity index (χ0v) is 18.0. The SMILES string of the molecule is c1ccc([Si](c2ccccc2)(c2ccccc2)c2nccnc2-c2cccnc2)cc1. The lowest BCUT2D eigenvalue weighted by Crippen LogP contribution is -2.76. The summed E-state index contributed by atoms with van der Waals surface area (Å²) in [5.41, 5.74) is 1.86. The van der Waals surface area contributed by atoms with Crippen molar-refractivity contribution in [3.63, 3.8) is 0 Å². The van der Waals surface area contributed by atoms with Gasteiger partial charge in [-0.1, -0.05) is 91.0 Å². The molecule has 3 nitrogen and oxygen atoms in total. The summed E-state index contributed by atoms with van der Waals surface area (Å²) >= 11 is 0. The molecule has 0 fully saturated rings. The molecule has 4 heteroatoms. The molecule has 0 amide bonds. The van der Waals surface area contributed by atoms with Crippen LogP contribution >= 0.6 is 0 Å². The summed E-state index contributed by atoms with van der Waals surface area (Å²) < 4.78 is 0. The molecule has 0 spiro atoms. The maximum atomic E-state index is 5.03. The van der Waals surface area contributed by atoms with Crippen molar-refractivity contribution in [2.75, 3.05) is 0 Å². The van der Waals surface area contributed by atoms with Gasteiger partial charge in [0, 0.05) is 30.4 Å². The van der Waals surface area contributed by atoms with E-state index in [1.54, 1.807) is 12.4 Å². The largest absolute Gasteiger partial charge is 0.264 e. The Hall–Kier alpha value is -3.89. The summed E-state index contributed by atoms with van der Waals surface area (Å²) in [6, 6.07) is 36.3. The molecule has 0 N–H and O–H groups in total. The van der Waals surface area contributed by atoms with Crippen LogP contribution in [0.5, 0.6) is 0 Å². The first-order valence-corrected chi connectivity index (χ1v) is 12.3. The van der Waals surface area contributed by atoms with E-state index in [0.29, 0.717) is 0 Å². The van der Waals surface area contributed by atoms with Crippen molar-refractivity contribution >= 4 is 29.0 Å². The zero-order valence-electron chi connectivity index (χ0n) is 17.0. The quantitative estimate of drug-likeness (QED) is 0.327. The van der Waals surface area contributed by atoms with Gasteiger partial charge in [-0.3, -0.25) is 15.0 Å². The molecular weight excluding hydrogens is 394 g/mol. The number of aromatic nitrogens is 3. The fourth-order valence-corrected chi connectivity index (χ4v) is 9.03. The molecule has 0 unspecified atom stereocenters. The number of benzene rings is 3. The lowest BCUT2D eigenvalue weighted by atomic mass is 10.2. The van der Waals surface area contributed by atoms with E-state index in [-0.39, 0.29) is 0 Å². The van der Waals surface area contributed by atoms with Crippen LogP contribution in [0.3, 0.4) is 0 Å². The maximum Gasteiger partial charge on any atom is 0.204 e. The van der Waals surface area contributed by atoms with E-state index >= 15 is 0 Å². The van der Waals surface area contributed by atoms with E-state index in [0.717, 1.165) is 16.6 Å². The van der Waals surface area contributed by atoms with Crippen LogP contribution in [-0.4, -0.2) is 23.0 Å². The van der Waals surface area contributed by atoms with Crippen LogP contribution in [0.25, 0.3) is 11.3 Å². The summed E-state index contributed by atoms with van der Waals surface area (Å²) in [5, 5.41) is 4.85. The van der Waals surface area contributed by atoms with Crippen LogP contribution in [-0.2, 0) is 0 Å². The van der Waals surface area contributed by atoms with E-state index < -0.39 is 8.07 Å². The van der Waals surface area contributed by atoms with Crippen molar-refractivity contribution in [1.29, 1.82) is 0 Å². The minimum absolute atomic E-state index is 0.888. The van der Waals surface area contributed by atoms with Crippen LogP contribution in [0.2, 0.25) is 0 Å². The number of hydrogen-bond donors (Lipinski definition) is 0. The second-order valence-corrected chi connectivity index (χ2v) is 11.0. The Morgan fingerprint density at radius 1 is 0.484 bits per heavy atom. The van der Waals surface area contributed by atoms with Crippen LogP contribution < -0.4 is 20.9 Å². The van der Waals surface area contributed by atoms with Gasteiger partial charge in [0.15, 0.2) is 0 Å². The average molecular weight is 416 g/mol. The van der Waals surface area contributed by atoms with Gasteiger partial charge in [-0.05, 0) is 27.7 Å². The van der Waals surface area contributed by atoms with Gasteiger partial charge in [0.25, 0.3) is 0 Å². The van der Waals surface area contributed by atoms with Crippen molar-refractivity contribution in [2.45, 2.75) is 0 Å². The van der Waals surface area contributed by atoms with Gasteiger partial charge in [0.05, 0.1) is 11.0 Å². The predicted molar refractivity (Wildman–Crippen MR) is 129 cm³/mol. The molecule has 0 radical (unpaired) electrons. The summed E-state index contributed by atoms with van der Waals surface area (Å²) in [6.45, 7) is 0. The molecule has 0 aliphatic rings. The number of pyridine rings is 1. The van der Waals surface area contributed by atoms with Crippen molar-refractivity contribution in [3.8, 4) is 11.3 Å². The molecule has 0 aliphatic carbocycles. The van der Waals surface area contributed by atoms with E-state index in [9.17, 15) is 0 Å². The monoisotopic (exact) mass is 415 g/mol. The van der Waals surface area contributed by atoms with E-state index in [1.165, 1.54) is 15.6 Å². The Balaban J connectivity index is 1.94. The first-order valence-electron chi connectivity index (χ1n) is 10.3. The molecule has 5 aromatic rings. The van der Waals surface area contributed by atoms with Crippen molar-refractivity contribution in [3.05, 3.63) is 128 Å². The number of rotatable bonds is 5. The van der Waals surface area contributed by atoms with Crippen molar-refractivity contribution < 1.29 is 0 Å². The van der Waals surface area contributed by atoms with Gasteiger partial charge >= 0.3 is 0 Å². The molecule has 3 aromatic carbocycles. The highest BCUT2D eigenvalue weighted by atomic mass is 28.3. The Bertz CT molecular complexity index is 1160. The standard InChI is InChI=1S/C27H21N3Si/c1-4-12-23(13-5-1)31(24-14-6-2-7-15-24,25-16-8-3-9-17-25)27-26(29-19-20-30-27)22-11-10-18-28-21-22/h1-21H. The van der Waals surface area contributed by atoms with Gasteiger partial charge in [-0.2, -0.15) is 0 Å². The fraction of sp³-hybridized carbons (Fsp3) is 0. The first-order chi connectivity index (χ1) is 15.4. The normalized spacial score (nSPS) is 11.2. The highest BCUT2D eigenvalue weighted by Gasteiger charge is 2.44. The molecule has 2 aromatic heterocycles. The fourth-order valence-electron chi connectivity index (χ4n) is 4.30. The minimum atomic E-state index is -2.73. The lowest BCUT2D eigenvalue weighted by Gasteiger charge is -2.34. The highest BCUT2D eigenvalue weighted by molar-refractivity contribution is 7.20. The molecular formula is C27H21N3Si. The first kappa shape index (κ1) is 19.1. The Labute approximate surface area is 183 Å². The van der Waals surface area contributed by atoms with E-state index in [2.05, 4.69) is 102 Å². The van der Waals surface area contributed by atoms with Gasteiger partial charge in [-0.15, -0.1) is 0 Å². The molecule has 0 bridgehead atoms. The molecule has 0 atom stereocenters. The summed E-state index contributed by atoms with van der Waals surface area (Å²) in [4.78, 5) is 14.2. The van der Waals surface area contributed by atoms with E-state index in [4.69, 9.17) is 9.97 Å².